The molecule has 0 bridgehead atoms. The Morgan fingerprint density at radius 3 is 2.43 bits per heavy atom. The molecule has 1 aliphatic heterocycles. The highest BCUT2D eigenvalue weighted by atomic mass is 16.7. The molecule has 9 N–H and O–H groups in total. The summed E-state index contributed by atoms with van der Waals surface area (Å²) < 4.78 is 5.14. The fourth-order valence-corrected chi connectivity index (χ4v) is 4.21. The van der Waals surface area contributed by atoms with Gasteiger partial charge in [-0.15, -0.1) is 0 Å². The number of hydrogen-bond donors (Lipinski definition) is 8. The highest BCUT2D eigenvalue weighted by Crippen LogP contribution is 2.07. The largest absolute Gasteiger partial charge is 0.480 e. The number of amides is 5. The van der Waals surface area contributed by atoms with E-state index in [0.29, 0.717) is 12.8 Å². The number of rotatable bonds is 19. The van der Waals surface area contributed by atoms with E-state index in [4.69, 9.17) is 10.5 Å². The molecular formula is C27H39N9O10. The number of carbonyl (C=O) groups excluding carboxylic acids is 5. The first kappa shape index (κ1) is 36.7. The molecule has 19 nitrogen and oxygen atoms in total. The monoisotopic (exact) mass is 649 g/mol. The van der Waals surface area contributed by atoms with E-state index in [-0.39, 0.29) is 57.7 Å². The van der Waals surface area contributed by atoms with Crippen LogP contribution in [0.4, 0.5) is 4.79 Å². The number of alkyl carbamates (subject to hydrolysis) is 1. The number of nitrogens with zero attached hydrogens (tertiary/aromatic N) is 2. The predicted octanol–water partition coefficient (Wildman–Crippen LogP) is -1.59. The van der Waals surface area contributed by atoms with Crippen molar-refractivity contribution < 1.29 is 43.6 Å². The number of hydrazine groups is 1. The number of nitrogens with one attached hydrogen (secondary N) is 6. The minimum Gasteiger partial charge on any atom is -0.480 e. The van der Waals surface area contributed by atoms with Gasteiger partial charge in [0.1, 0.15) is 24.7 Å². The molecule has 1 saturated heterocycles. The maximum absolute atomic E-state index is 13.1. The van der Waals surface area contributed by atoms with Gasteiger partial charge < -0.3 is 42.2 Å². The van der Waals surface area contributed by atoms with Gasteiger partial charge in [-0.25, -0.2) is 24.7 Å². The van der Waals surface area contributed by atoms with Crippen molar-refractivity contribution in [3.05, 3.63) is 46.0 Å². The molecule has 0 spiro atoms. The van der Waals surface area contributed by atoms with Crippen LogP contribution >= 0.6 is 0 Å². The van der Waals surface area contributed by atoms with Crippen LogP contribution in [0, 0.1) is 10.1 Å². The summed E-state index contributed by atoms with van der Waals surface area (Å²) in [4.78, 5) is 87.1. The lowest BCUT2D eigenvalue weighted by Gasteiger charge is -2.22. The molecule has 0 aromatic heterocycles. The summed E-state index contributed by atoms with van der Waals surface area (Å²) in [6.45, 7) is -0.269. The summed E-state index contributed by atoms with van der Waals surface area (Å²) in [5, 5.41) is 31.4. The van der Waals surface area contributed by atoms with Gasteiger partial charge in [0.15, 0.2) is 5.03 Å². The highest BCUT2D eigenvalue weighted by molar-refractivity contribution is 5.94. The Morgan fingerprint density at radius 2 is 1.78 bits per heavy atom. The first-order valence-electron chi connectivity index (χ1n) is 14.5. The number of ether oxygens (including phenoxy) is 1. The zero-order chi connectivity index (χ0) is 33.9. The number of nitrogens with two attached hydrogens (primary N) is 1. The average molecular weight is 650 g/mol. The van der Waals surface area contributed by atoms with E-state index in [1.165, 1.54) is 0 Å². The normalized spacial score (nSPS) is 15.4. The van der Waals surface area contributed by atoms with Crippen molar-refractivity contribution in [2.24, 2.45) is 10.7 Å². The third-order valence-corrected chi connectivity index (χ3v) is 6.54. The first-order chi connectivity index (χ1) is 21.9. The van der Waals surface area contributed by atoms with Gasteiger partial charge in [0.05, 0.1) is 6.54 Å². The average Bonchev–Trinajstić information content (AvgIpc) is 3.45. The van der Waals surface area contributed by atoms with Crippen LogP contribution in [0.15, 0.2) is 35.3 Å². The van der Waals surface area contributed by atoms with Crippen LogP contribution in [0.2, 0.25) is 0 Å². The number of guanidine groups is 1. The van der Waals surface area contributed by atoms with E-state index >= 15 is 0 Å². The van der Waals surface area contributed by atoms with Gasteiger partial charge in [-0.1, -0.05) is 35.8 Å². The maximum Gasteiger partial charge on any atom is 0.407 e. The molecule has 5 amide bonds. The van der Waals surface area contributed by atoms with E-state index < -0.39 is 65.4 Å². The Bertz CT molecular complexity index is 1260. The van der Waals surface area contributed by atoms with Crippen LogP contribution < -0.4 is 37.7 Å². The summed E-state index contributed by atoms with van der Waals surface area (Å²) in [5.41, 5.74) is 7.79. The molecule has 1 aromatic carbocycles. The van der Waals surface area contributed by atoms with Crippen molar-refractivity contribution in [1.29, 1.82) is 0 Å². The fourth-order valence-electron chi connectivity index (χ4n) is 4.21. The van der Waals surface area contributed by atoms with Gasteiger partial charge in [-0.2, -0.15) is 0 Å². The number of hydrogen-bond acceptors (Lipinski definition) is 10. The third kappa shape index (κ3) is 14.8. The number of carbonyl (C=O) groups is 6. The van der Waals surface area contributed by atoms with Crippen molar-refractivity contribution in [3.63, 3.8) is 0 Å². The van der Waals surface area contributed by atoms with E-state index in [1.54, 1.807) is 17.6 Å². The SMILES string of the molecule is NC(=NCCC[C@H](NC(=O)[C@H](CCCCNC(=O)OCc1ccccc1)NC(=O)CNC(=O)[C@H]1CCC(=O)N1)C(=O)O)N[N+](=O)[O-]. The molecule has 1 heterocycles. The second-order valence-corrected chi connectivity index (χ2v) is 10.2. The van der Waals surface area contributed by atoms with Gasteiger partial charge >= 0.3 is 12.1 Å². The van der Waals surface area contributed by atoms with Crippen LogP contribution in [0.1, 0.15) is 50.5 Å². The number of aliphatic imine (C=N–C) groups is 1. The van der Waals surface area contributed by atoms with Crippen LogP contribution in [-0.2, 0) is 35.3 Å². The number of carboxylic acids is 1. The van der Waals surface area contributed by atoms with Crippen molar-refractivity contribution in [2.75, 3.05) is 19.6 Å². The van der Waals surface area contributed by atoms with E-state index in [1.807, 2.05) is 18.2 Å². The quantitative estimate of drug-likeness (QED) is 0.0277. The molecule has 1 aromatic rings. The number of nitro groups is 1. The van der Waals surface area contributed by atoms with Crippen molar-refractivity contribution in [3.8, 4) is 0 Å². The number of benzene rings is 1. The topological polar surface area (TPSA) is 286 Å². The molecule has 0 unspecified atom stereocenters. The van der Waals surface area contributed by atoms with Crippen LogP contribution in [-0.4, -0.2) is 89.5 Å². The van der Waals surface area contributed by atoms with Crippen LogP contribution in [0.5, 0.6) is 0 Å². The molecule has 252 valence electrons. The van der Waals surface area contributed by atoms with E-state index in [0.717, 1.165) is 5.56 Å². The Kier molecular flexibility index (Phi) is 15.7. The lowest BCUT2D eigenvalue weighted by Crippen LogP contribution is -2.53. The second-order valence-electron chi connectivity index (χ2n) is 10.2. The smallest absolute Gasteiger partial charge is 0.407 e. The first-order valence-corrected chi connectivity index (χ1v) is 14.5. The molecule has 2 rings (SSSR count). The lowest BCUT2D eigenvalue weighted by molar-refractivity contribution is -0.525. The standard InChI is InChI=1S/C27H39N9O10/c28-26(35-36(44)45)29-14-6-10-20(25(41)42)34-24(40)18(33-22(38)15-31-23(39)19-11-12-21(37)32-19)9-4-5-13-30-27(43)46-16-17-7-2-1-3-8-17/h1-3,7-8,18-20H,4-6,9-16H2,(H,30,43)(H,31,39)(H,32,37)(H,33,38)(H,34,40)(H,41,42)(H3,28,29,35)/t18-,19+,20-/m0/s1. The van der Waals surface area contributed by atoms with Crippen LogP contribution in [0.3, 0.4) is 0 Å². The number of aliphatic carboxylic acids is 1. The Morgan fingerprint density at radius 1 is 1.07 bits per heavy atom. The second kappa shape index (κ2) is 19.7. The number of carboxylic acid groups (broad SMARTS) is 1. The molecule has 46 heavy (non-hydrogen) atoms. The minimum atomic E-state index is -1.38. The summed E-state index contributed by atoms with van der Waals surface area (Å²) in [6, 6.07) is 5.74. The molecule has 0 radical (unpaired) electrons. The van der Waals surface area contributed by atoms with Gasteiger partial charge in [0.2, 0.25) is 23.6 Å². The minimum absolute atomic E-state index is 0.0602. The molecule has 0 aliphatic carbocycles. The van der Waals surface area contributed by atoms with Gasteiger partial charge in [-0.3, -0.25) is 19.2 Å². The Hall–Kier alpha value is -5.49. The highest BCUT2D eigenvalue weighted by Gasteiger charge is 2.29. The van der Waals surface area contributed by atoms with Crippen molar-refractivity contribution in [2.45, 2.75) is 69.7 Å². The number of unbranched alkanes of at least 4 members (excludes halogenated alkanes) is 1. The molecule has 3 atom stereocenters. The molecular weight excluding hydrogens is 610 g/mol. The Labute approximate surface area is 263 Å². The summed E-state index contributed by atoms with van der Waals surface area (Å²) in [6.07, 6.45) is 0.609. The third-order valence-electron chi connectivity index (χ3n) is 6.54. The molecule has 19 heteroatoms. The Balaban J connectivity index is 1.90. The van der Waals surface area contributed by atoms with Crippen molar-refractivity contribution in [1.82, 2.24) is 32.0 Å². The summed E-state index contributed by atoms with van der Waals surface area (Å²) >= 11 is 0. The molecule has 1 fully saturated rings. The molecule has 0 saturated carbocycles. The lowest BCUT2D eigenvalue weighted by atomic mass is 10.1. The van der Waals surface area contributed by atoms with Crippen molar-refractivity contribution >= 4 is 41.7 Å². The van der Waals surface area contributed by atoms with E-state index in [9.17, 15) is 44.0 Å². The predicted molar refractivity (Wildman–Crippen MR) is 160 cm³/mol. The fraction of sp³-hybridized carbons (Fsp3) is 0.519. The van der Waals surface area contributed by atoms with Crippen LogP contribution in [0.25, 0.3) is 0 Å². The molecule has 1 aliphatic rings. The zero-order valence-corrected chi connectivity index (χ0v) is 25.0. The zero-order valence-electron chi connectivity index (χ0n) is 25.0. The van der Waals surface area contributed by atoms with Gasteiger partial charge in [0, 0.05) is 19.5 Å². The van der Waals surface area contributed by atoms with Gasteiger partial charge in [-0.05, 0) is 44.1 Å². The summed E-state index contributed by atoms with van der Waals surface area (Å²) in [5.74, 6) is -4.20. The summed E-state index contributed by atoms with van der Waals surface area (Å²) in [7, 11) is 0. The van der Waals surface area contributed by atoms with Gasteiger partial charge in [0.25, 0.3) is 5.96 Å². The van der Waals surface area contributed by atoms with E-state index in [2.05, 4.69) is 31.6 Å². The maximum atomic E-state index is 13.1.